The van der Waals surface area contributed by atoms with Gasteiger partial charge < -0.3 is 5.73 Å². The summed E-state index contributed by atoms with van der Waals surface area (Å²) in [5, 5.41) is 5.81. The molecule has 17 heavy (non-hydrogen) atoms. The molecule has 1 aliphatic heterocycles. The van der Waals surface area contributed by atoms with E-state index < -0.39 is 0 Å². The summed E-state index contributed by atoms with van der Waals surface area (Å²) in [4.78, 5) is 16.3. The Kier molecular flexibility index (Phi) is 2.31. The van der Waals surface area contributed by atoms with E-state index in [-0.39, 0.29) is 11.8 Å². The zero-order valence-electron chi connectivity index (χ0n) is 9.47. The number of carbonyl (C=O) groups is 1. The van der Waals surface area contributed by atoms with Crippen LogP contribution in [0, 0.1) is 5.92 Å². The fourth-order valence-corrected chi connectivity index (χ4v) is 2.39. The summed E-state index contributed by atoms with van der Waals surface area (Å²) in [5.74, 6) is 0.603. The van der Waals surface area contributed by atoms with Crippen molar-refractivity contribution in [3.05, 3.63) is 18.3 Å². The number of nitrogen functional groups attached to an aromatic ring is 1. The molecule has 0 saturated heterocycles. The lowest BCUT2D eigenvalue weighted by Crippen LogP contribution is -2.29. The van der Waals surface area contributed by atoms with Crippen molar-refractivity contribution in [3.8, 4) is 0 Å². The lowest BCUT2D eigenvalue weighted by atomic mass is 9.87. The van der Waals surface area contributed by atoms with Gasteiger partial charge in [-0.05, 0) is 31.4 Å². The molecule has 1 fully saturated rings. The van der Waals surface area contributed by atoms with Crippen molar-refractivity contribution < 1.29 is 4.79 Å². The topological polar surface area (TPSA) is 71.6 Å². The second kappa shape index (κ2) is 3.84. The van der Waals surface area contributed by atoms with Crippen LogP contribution in [0.4, 0.5) is 11.5 Å². The van der Waals surface area contributed by atoms with Crippen molar-refractivity contribution in [1.82, 2.24) is 4.98 Å². The maximum Gasteiger partial charge on any atom is 0.257 e. The van der Waals surface area contributed by atoms with Crippen LogP contribution in [0.1, 0.15) is 25.7 Å². The fourth-order valence-electron chi connectivity index (χ4n) is 2.39. The van der Waals surface area contributed by atoms with Gasteiger partial charge in [0.2, 0.25) is 0 Å². The lowest BCUT2D eigenvalue weighted by Gasteiger charge is -2.16. The average molecular weight is 230 g/mol. The van der Waals surface area contributed by atoms with E-state index in [1.807, 2.05) is 0 Å². The van der Waals surface area contributed by atoms with Crippen LogP contribution < -0.4 is 10.7 Å². The number of anilines is 2. The largest absolute Gasteiger partial charge is 0.397 e. The number of hydrogen-bond donors (Lipinski definition) is 1. The number of hydrogen-bond acceptors (Lipinski definition) is 4. The van der Waals surface area contributed by atoms with Crippen molar-refractivity contribution in [2.45, 2.75) is 25.7 Å². The number of pyridine rings is 1. The van der Waals surface area contributed by atoms with E-state index in [2.05, 4.69) is 10.1 Å². The van der Waals surface area contributed by atoms with Crippen LogP contribution in [-0.4, -0.2) is 16.6 Å². The van der Waals surface area contributed by atoms with Crippen molar-refractivity contribution >= 4 is 23.1 Å². The fraction of sp³-hybridized carbons (Fsp3) is 0.417. The molecule has 3 rings (SSSR count). The molecule has 0 aromatic carbocycles. The zero-order chi connectivity index (χ0) is 11.8. The molecule has 2 N–H and O–H groups in total. The Morgan fingerprint density at radius 2 is 2.24 bits per heavy atom. The van der Waals surface area contributed by atoms with Crippen LogP contribution in [0.5, 0.6) is 0 Å². The number of aromatic nitrogens is 1. The standard InChI is InChI=1S/C12H14N4O/c13-8-5-6-11(14-7-8)16-12(17)9-3-1-2-4-10(9)15-16/h5-7,9H,1-4,13H2. The van der Waals surface area contributed by atoms with Crippen LogP contribution in [0.15, 0.2) is 23.4 Å². The SMILES string of the molecule is Nc1ccc(N2N=C3CCCCC3C2=O)nc1. The number of amides is 1. The summed E-state index contributed by atoms with van der Waals surface area (Å²) >= 11 is 0. The summed E-state index contributed by atoms with van der Waals surface area (Å²) < 4.78 is 0. The van der Waals surface area contributed by atoms with Gasteiger partial charge in [0.25, 0.3) is 5.91 Å². The number of hydrazone groups is 1. The molecule has 1 saturated carbocycles. The molecule has 5 heteroatoms. The predicted octanol–water partition coefficient (Wildman–Crippen LogP) is 1.56. The lowest BCUT2D eigenvalue weighted by molar-refractivity contribution is -0.120. The maximum atomic E-state index is 12.2. The van der Waals surface area contributed by atoms with Gasteiger partial charge in [-0.25, -0.2) is 4.98 Å². The molecule has 0 spiro atoms. The second-order valence-corrected chi connectivity index (χ2v) is 4.49. The van der Waals surface area contributed by atoms with Crippen LogP contribution in [0.25, 0.3) is 0 Å². The quantitative estimate of drug-likeness (QED) is 0.795. The molecular weight excluding hydrogens is 216 g/mol. The highest BCUT2D eigenvalue weighted by molar-refractivity contribution is 6.15. The number of nitrogens with two attached hydrogens (primary N) is 1. The summed E-state index contributed by atoms with van der Waals surface area (Å²) in [6, 6.07) is 3.46. The second-order valence-electron chi connectivity index (χ2n) is 4.49. The van der Waals surface area contributed by atoms with E-state index in [1.54, 1.807) is 18.3 Å². The average Bonchev–Trinajstić information content (AvgIpc) is 2.69. The van der Waals surface area contributed by atoms with E-state index in [0.29, 0.717) is 11.5 Å². The first-order chi connectivity index (χ1) is 8.25. The van der Waals surface area contributed by atoms with Crippen molar-refractivity contribution in [2.24, 2.45) is 11.0 Å². The van der Waals surface area contributed by atoms with Gasteiger partial charge >= 0.3 is 0 Å². The van der Waals surface area contributed by atoms with Crippen LogP contribution in [0.2, 0.25) is 0 Å². The van der Waals surface area contributed by atoms with Gasteiger partial charge in [-0.2, -0.15) is 10.1 Å². The van der Waals surface area contributed by atoms with Crippen LogP contribution >= 0.6 is 0 Å². The molecule has 1 aliphatic carbocycles. The van der Waals surface area contributed by atoms with E-state index in [4.69, 9.17) is 5.73 Å². The first-order valence-corrected chi connectivity index (χ1v) is 5.88. The third-order valence-electron chi connectivity index (χ3n) is 3.30. The molecule has 1 amide bonds. The number of carbonyl (C=O) groups excluding carboxylic acids is 1. The van der Waals surface area contributed by atoms with Gasteiger partial charge in [-0.15, -0.1) is 0 Å². The number of fused-ring (bicyclic) bond motifs is 1. The molecule has 2 heterocycles. The molecule has 1 aromatic rings. The molecule has 1 aromatic heterocycles. The Hall–Kier alpha value is -1.91. The number of rotatable bonds is 1. The first kappa shape index (κ1) is 10.3. The van der Waals surface area contributed by atoms with E-state index >= 15 is 0 Å². The maximum absolute atomic E-state index is 12.2. The minimum atomic E-state index is -0.0110. The van der Waals surface area contributed by atoms with Gasteiger partial charge in [0.05, 0.1) is 23.5 Å². The highest BCUT2D eigenvalue weighted by atomic mass is 16.2. The van der Waals surface area contributed by atoms with E-state index in [9.17, 15) is 4.79 Å². The minimum Gasteiger partial charge on any atom is -0.397 e. The highest BCUT2D eigenvalue weighted by Gasteiger charge is 2.38. The molecule has 5 nitrogen and oxygen atoms in total. The third kappa shape index (κ3) is 1.67. The summed E-state index contributed by atoms with van der Waals surface area (Å²) in [7, 11) is 0. The van der Waals surface area contributed by atoms with Crippen LogP contribution in [0.3, 0.4) is 0 Å². The van der Waals surface area contributed by atoms with E-state index in [1.165, 1.54) is 5.01 Å². The Morgan fingerprint density at radius 1 is 1.35 bits per heavy atom. The molecule has 0 radical (unpaired) electrons. The summed E-state index contributed by atoms with van der Waals surface area (Å²) in [6.45, 7) is 0. The molecule has 1 atom stereocenters. The Morgan fingerprint density at radius 3 is 2.94 bits per heavy atom. The smallest absolute Gasteiger partial charge is 0.257 e. The number of nitrogens with zero attached hydrogens (tertiary/aromatic N) is 3. The van der Waals surface area contributed by atoms with Gasteiger partial charge in [-0.3, -0.25) is 4.79 Å². The van der Waals surface area contributed by atoms with Gasteiger partial charge in [0, 0.05) is 0 Å². The molecule has 1 unspecified atom stereocenters. The summed E-state index contributed by atoms with van der Waals surface area (Å²) in [5.41, 5.74) is 7.18. The van der Waals surface area contributed by atoms with Gasteiger partial charge in [-0.1, -0.05) is 6.42 Å². The third-order valence-corrected chi connectivity index (χ3v) is 3.30. The predicted molar refractivity (Wildman–Crippen MR) is 65.5 cm³/mol. The summed E-state index contributed by atoms with van der Waals surface area (Å²) in [6.07, 6.45) is 5.64. The Bertz CT molecular complexity index is 480. The highest BCUT2D eigenvalue weighted by Crippen LogP contribution is 2.31. The van der Waals surface area contributed by atoms with Crippen LogP contribution in [-0.2, 0) is 4.79 Å². The van der Waals surface area contributed by atoms with Gasteiger partial charge in [0.15, 0.2) is 5.82 Å². The molecular formula is C12H14N4O. The van der Waals surface area contributed by atoms with Crippen molar-refractivity contribution in [3.63, 3.8) is 0 Å². The molecule has 0 bridgehead atoms. The van der Waals surface area contributed by atoms with Crippen molar-refractivity contribution in [2.75, 3.05) is 10.7 Å². The normalized spacial score (nSPS) is 23.5. The Balaban J connectivity index is 1.92. The molecule has 2 aliphatic rings. The van der Waals surface area contributed by atoms with Crippen molar-refractivity contribution in [1.29, 1.82) is 0 Å². The minimum absolute atomic E-state index is 0.0110. The Labute approximate surface area is 99.3 Å². The van der Waals surface area contributed by atoms with Gasteiger partial charge in [0.1, 0.15) is 0 Å². The van der Waals surface area contributed by atoms with E-state index in [0.717, 1.165) is 31.4 Å². The first-order valence-electron chi connectivity index (χ1n) is 5.88. The monoisotopic (exact) mass is 230 g/mol. The molecule has 88 valence electrons. The zero-order valence-corrected chi connectivity index (χ0v) is 9.47.